The molecule has 0 amide bonds. The summed E-state index contributed by atoms with van der Waals surface area (Å²) >= 11 is 0. The lowest BCUT2D eigenvalue weighted by Gasteiger charge is -2.13. The molecule has 0 saturated heterocycles. The van der Waals surface area contributed by atoms with E-state index >= 15 is 0 Å². The largest absolute Gasteiger partial charge is 0.421 e. The number of aromatic nitrogens is 2. The Morgan fingerprint density at radius 2 is 1.50 bits per heavy atom. The highest BCUT2D eigenvalue weighted by Gasteiger charge is 2.19. The van der Waals surface area contributed by atoms with Gasteiger partial charge in [0.1, 0.15) is 0 Å². The van der Waals surface area contributed by atoms with Gasteiger partial charge in [-0.15, -0.1) is 0 Å². The third-order valence-electron chi connectivity index (χ3n) is 3.58. The second kappa shape index (κ2) is 7.09. The number of aryl methyl sites for hydroxylation is 2. The number of rotatable bonds is 5. The highest BCUT2D eigenvalue weighted by molar-refractivity contribution is 7.92. The van der Waals surface area contributed by atoms with Crippen LogP contribution in [0.3, 0.4) is 0 Å². The number of benzene rings is 2. The topological polar surface area (TPSA) is 81.2 Å². The first-order valence-corrected chi connectivity index (χ1v) is 9.20. The van der Waals surface area contributed by atoms with Crippen LogP contribution in [0.2, 0.25) is 0 Å². The van der Waals surface area contributed by atoms with E-state index in [1.807, 2.05) is 0 Å². The molecule has 0 saturated carbocycles. The van der Waals surface area contributed by atoms with Crippen molar-refractivity contribution in [2.45, 2.75) is 18.7 Å². The quantitative estimate of drug-likeness (QED) is 0.735. The number of nitrogens with one attached hydrogen (secondary N) is 1. The molecule has 0 bridgehead atoms. The first-order chi connectivity index (χ1) is 12.4. The summed E-state index contributed by atoms with van der Waals surface area (Å²) in [5, 5.41) is 0. The first-order valence-electron chi connectivity index (χ1n) is 7.72. The molecular formula is C18H16FN3O3S. The summed E-state index contributed by atoms with van der Waals surface area (Å²) in [6.07, 6.45) is 0. The minimum Gasteiger partial charge on any atom is -0.421 e. The lowest BCUT2D eigenvalue weighted by Crippen LogP contribution is -2.16. The molecule has 1 N–H and O–H groups in total. The summed E-state index contributed by atoms with van der Waals surface area (Å²) < 4.78 is 46.5. The van der Waals surface area contributed by atoms with Crippen LogP contribution in [0.15, 0.2) is 59.5 Å². The van der Waals surface area contributed by atoms with E-state index in [4.69, 9.17) is 4.74 Å². The minimum absolute atomic E-state index is 0.0103. The van der Waals surface area contributed by atoms with Crippen LogP contribution < -0.4 is 9.46 Å². The van der Waals surface area contributed by atoms with Crippen LogP contribution in [-0.4, -0.2) is 18.4 Å². The fourth-order valence-corrected chi connectivity index (χ4v) is 3.50. The molecule has 8 heteroatoms. The van der Waals surface area contributed by atoms with Crippen molar-refractivity contribution in [1.29, 1.82) is 0 Å². The summed E-state index contributed by atoms with van der Waals surface area (Å²) in [5.74, 6) is -0.552. The number of halogens is 1. The van der Waals surface area contributed by atoms with Gasteiger partial charge in [-0.05, 0) is 38.1 Å². The highest BCUT2D eigenvalue weighted by atomic mass is 32.2. The summed E-state index contributed by atoms with van der Waals surface area (Å²) in [7, 11) is -3.77. The predicted octanol–water partition coefficient (Wildman–Crippen LogP) is 3.83. The van der Waals surface area contributed by atoms with Gasteiger partial charge in [-0.3, -0.25) is 4.72 Å². The first kappa shape index (κ1) is 17.8. The molecule has 26 heavy (non-hydrogen) atoms. The number of hydrogen-bond acceptors (Lipinski definition) is 5. The molecule has 0 atom stereocenters. The van der Waals surface area contributed by atoms with Crippen LogP contribution >= 0.6 is 0 Å². The van der Waals surface area contributed by atoms with Gasteiger partial charge in [0.25, 0.3) is 10.0 Å². The van der Waals surface area contributed by atoms with Gasteiger partial charge < -0.3 is 4.74 Å². The molecule has 3 rings (SSSR count). The summed E-state index contributed by atoms with van der Waals surface area (Å²) in [4.78, 5) is 8.37. The molecule has 0 aliphatic carbocycles. The zero-order chi connectivity index (χ0) is 18.7. The van der Waals surface area contributed by atoms with Crippen LogP contribution in [0.4, 0.5) is 10.1 Å². The molecule has 1 aromatic heterocycles. The average Bonchev–Trinajstić information content (AvgIpc) is 2.61. The van der Waals surface area contributed by atoms with E-state index in [0.29, 0.717) is 11.4 Å². The van der Waals surface area contributed by atoms with Crippen LogP contribution in [0.1, 0.15) is 11.4 Å². The SMILES string of the molecule is Cc1nc(Oc2ccccc2F)nc(C)c1NS(=O)(=O)c1ccccc1. The molecule has 2 aromatic carbocycles. The van der Waals surface area contributed by atoms with E-state index in [9.17, 15) is 12.8 Å². The van der Waals surface area contributed by atoms with Gasteiger partial charge in [-0.1, -0.05) is 30.3 Å². The maximum absolute atomic E-state index is 13.7. The summed E-state index contributed by atoms with van der Waals surface area (Å²) in [6.45, 7) is 3.23. The van der Waals surface area contributed by atoms with Crippen LogP contribution in [-0.2, 0) is 10.0 Å². The maximum atomic E-state index is 13.7. The fourth-order valence-electron chi connectivity index (χ4n) is 2.30. The normalized spacial score (nSPS) is 11.2. The Bertz CT molecular complexity index is 1020. The average molecular weight is 373 g/mol. The predicted molar refractivity (Wildman–Crippen MR) is 95.2 cm³/mol. The van der Waals surface area contributed by atoms with E-state index in [2.05, 4.69) is 14.7 Å². The van der Waals surface area contributed by atoms with Crippen molar-refractivity contribution in [2.24, 2.45) is 0 Å². The van der Waals surface area contributed by atoms with E-state index in [1.54, 1.807) is 44.2 Å². The number of anilines is 1. The second-order valence-corrected chi connectivity index (χ2v) is 7.19. The van der Waals surface area contributed by atoms with Gasteiger partial charge in [-0.25, -0.2) is 12.8 Å². The molecule has 1 heterocycles. The smallest absolute Gasteiger partial charge is 0.322 e. The Balaban J connectivity index is 1.90. The van der Waals surface area contributed by atoms with Gasteiger partial charge in [0, 0.05) is 0 Å². The summed E-state index contributed by atoms with van der Waals surface area (Å²) in [5.41, 5.74) is 0.987. The molecule has 0 unspecified atom stereocenters. The number of para-hydroxylation sites is 1. The number of hydrogen-bond donors (Lipinski definition) is 1. The maximum Gasteiger partial charge on any atom is 0.322 e. The Morgan fingerprint density at radius 1 is 0.923 bits per heavy atom. The monoisotopic (exact) mass is 373 g/mol. The van der Waals surface area contributed by atoms with Gasteiger partial charge in [-0.2, -0.15) is 9.97 Å². The van der Waals surface area contributed by atoms with E-state index in [-0.39, 0.29) is 22.3 Å². The summed E-state index contributed by atoms with van der Waals surface area (Å²) in [6, 6.07) is 13.8. The Labute approximate surface area is 150 Å². The van der Waals surface area contributed by atoms with Gasteiger partial charge in [0.2, 0.25) is 0 Å². The molecule has 6 nitrogen and oxygen atoms in total. The molecular weight excluding hydrogens is 357 g/mol. The zero-order valence-corrected chi connectivity index (χ0v) is 14.9. The van der Waals surface area contributed by atoms with E-state index < -0.39 is 15.8 Å². The third kappa shape index (κ3) is 3.80. The lowest BCUT2D eigenvalue weighted by atomic mass is 10.3. The number of sulfonamides is 1. The van der Waals surface area contributed by atoms with E-state index in [1.165, 1.54) is 24.3 Å². The molecule has 0 fully saturated rings. The fraction of sp³-hybridized carbons (Fsp3) is 0.111. The van der Waals surface area contributed by atoms with Crippen molar-refractivity contribution in [3.8, 4) is 11.8 Å². The van der Waals surface area contributed by atoms with Gasteiger partial charge >= 0.3 is 6.01 Å². The molecule has 0 aliphatic rings. The van der Waals surface area contributed by atoms with Crippen LogP contribution in [0.5, 0.6) is 11.8 Å². The van der Waals surface area contributed by atoms with Crippen LogP contribution in [0, 0.1) is 19.7 Å². The van der Waals surface area contributed by atoms with Crippen molar-refractivity contribution in [1.82, 2.24) is 9.97 Å². The van der Waals surface area contributed by atoms with Gasteiger partial charge in [0.05, 0.1) is 22.0 Å². The van der Waals surface area contributed by atoms with E-state index in [0.717, 1.165) is 0 Å². The molecule has 134 valence electrons. The number of nitrogens with zero attached hydrogens (tertiary/aromatic N) is 2. The standard InChI is InChI=1S/C18H16FN3O3S/c1-12-17(22-26(23,24)14-8-4-3-5-9-14)13(2)21-18(20-12)25-16-11-7-6-10-15(16)19/h3-11,22H,1-2H3. The van der Waals surface area contributed by atoms with Crippen molar-refractivity contribution in [3.05, 3.63) is 71.8 Å². The third-order valence-corrected chi connectivity index (χ3v) is 4.94. The zero-order valence-electron chi connectivity index (χ0n) is 14.1. The van der Waals surface area contributed by atoms with Crippen LogP contribution in [0.25, 0.3) is 0 Å². The minimum atomic E-state index is -3.77. The Hall–Kier alpha value is -3.00. The second-order valence-electron chi connectivity index (χ2n) is 5.50. The number of ether oxygens (including phenoxy) is 1. The molecule has 0 spiro atoms. The van der Waals surface area contributed by atoms with Crippen molar-refractivity contribution in [2.75, 3.05) is 4.72 Å². The molecule has 0 radical (unpaired) electrons. The van der Waals surface area contributed by atoms with Crippen molar-refractivity contribution in [3.63, 3.8) is 0 Å². The Morgan fingerprint density at radius 3 is 2.12 bits per heavy atom. The Kier molecular flexibility index (Phi) is 4.85. The van der Waals surface area contributed by atoms with Crippen molar-refractivity contribution < 1.29 is 17.5 Å². The molecule has 0 aliphatic heterocycles. The van der Waals surface area contributed by atoms with Gasteiger partial charge in [0.15, 0.2) is 11.6 Å². The highest BCUT2D eigenvalue weighted by Crippen LogP contribution is 2.26. The van der Waals surface area contributed by atoms with Crippen molar-refractivity contribution >= 4 is 15.7 Å². The molecule has 3 aromatic rings. The lowest BCUT2D eigenvalue weighted by molar-refractivity contribution is 0.409.